The van der Waals surface area contributed by atoms with E-state index in [9.17, 15) is 9.50 Å². The molecule has 3 aromatic rings. The molecule has 0 amide bonds. The van der Waals surface area contributed by atoms with Gasteiger partial charge in [0.2, 0.25) is 0 Å². The number of para-hydroxylation sites is 1. The summed E-state index contributed by atoms with van der Waals surface area (Å²) >= 11 is 0. The predicted octanol–water partition coefficient (Wildman–Crippen LogP) is 2.97. The average Bonchev–Trinajstić information content (AvgIpc) is 3.20. The van der Waals surface area contributed by atoms with Crippen LogP contribution < -0.4 is 9.64 Å². The van der Waals surface area contributed by atoms with Gasteiger partial charge in [-0.25, -0.2) is 9.37 Å². The summed E-state index contributed by atoms with van der Waals surface area (Å²) in [6, 6.07) is 12.9. The quantitative estimate of drug-likeness (QED) is 0.677. The maximum Gasteiger partial charge on any atom is 0.146 e. The van der Waals surface area contributed by atoms with Gasteiger partial charge >= 0.3 is 0 Å². The van der Waals surface area contributed by atoms with Gasteiger partial charge in [-0.1, -0.05) is 24.3 Å². The second-order valence-corrected chi connectivity index (χ2v) is 7.59. The molecule has 0 aliphatic carbocycles. The van der Waals surface area contributed by atoms with Crippen molar-refractivity contribution >= 4 is 5.69 Å². The summed E-state index contributed by atoms with van der Waals surface area (Å²) in [6.45, 7) is 3.81. The molecular formula is C23H27FN4O2. The van der Waals surface area contributed by atoms with Crippen LogP contribution >= 0.6 is 0 Å². The van der Waals surface area contributed by atoms with Crippen LogP contribution in [0.3, 0.4) is 0 Å². The van der Waals surface area contributed by atoms with Gasteiger partial charge in [-0.15, -0.1) is 0 Å². The molecule has 2 heterocycles. The second-order valence-electron chi connectivity index (χ2n) is 7.59. The number of aliphatic hydroxyl groups is 1. The van der Waals surface area contributed by atoms with Crippen molar-refractivity contribution in [3.05, 3.63) is 77.6 Å². The van der Waals surface area contributed by atoms with E-state index >= 15 is 0 Å². The van der Waals surface area contributed by atoms with E-state index in [0.29, 0.717) is 30.2 Å². The highest BCUT2D eigenvalue weighted by Crippen LogP contribution is 2.33. The Labute approximate surface area is 176 Å². The first-order valence-electron chi connectivity index (χ1n) is 10.1. The number of aliphatic hydroxyl groups excluding tert-OH is 1. The van der Waals surface area contributed by atoms with E-state index in [-0.39, 0.29) is 5.82 Å². The number of hydrogen-bond donors (Lipinski definition) is 1. The number of piperazine rings is 1. The Morgan fingerprint density at radius 3 is 2.60 bits per heavy atom. The van der Waals surface area contributed by atoms with Crippen molar-refractivity contribution in [2.75, 3.05) is 38.2 Å². The Hall–Kier alpha value is -2.90. The smallest absolute Gasteiger partial charge is 0.146 e. The highest BCUT2D eigenvalue weighted by Gasteiger charge is 2.26. The molecule has 6 nitrogen and oxygen atoms in total. The summed E-state index contributed by atoms with van der Waals surface area (Å²) in [4.78, 5) is 8.61. The number of rotatable bonds is 6. The third kappa shape index (κ3) is 4.17. The van der Waals surface area contributed by atoms with Crippen LogP contribution in [0.1, 0.15) is 23.1 Å². The van der Waals surface area contributed by atoms with Gasteiger partial charge in [0.1, 0.15) is 23.5 Å². The Balaban J connectivity index is 1.49. The molecule has 1 unspecified atom stereocenters. The van der Waals surface area contributed by atoms with E-state index in [1.54, 1.807) is 36.2 Å². The summed E-state index contributed by atoms with van der Waals surface area (Å²) in [5, 5.41) is 10.9. The van der Waals surface area contributed by atoms with Crippen LogP contribution in [0, 0.1) is 5.82 Å². The number of aryl methyl sites for hydroxylation is 1. The zero-order valence-corrected chi connectivity index (χ0v) is 17.3. The SMILES string of the molecule is COc1cccc(CN2CCN(c3c(F)cccc3C(O)c3nccn3C)CC2)c1. The standard InChI is InChI=1S/C23H27FN4O2/c1-26-10-9-25-23(26)22(29)19-7-4-8-20(24)21(19)28-13-11-27(12-14-28)16-17-5-3-6-18(15-17)30-2/h3-10,15,22,29H,11-14,16H2,1-2H3. The highest BCUT2D eigenvalue weighted by molar-refractivity contribution is 5.57. The van der Waals surface area contributed by atoms with E-state index in [1.165, 1.54) is 11.6 Å². The first-order valence-corrected chi connectivity index (χ1v) is 10.1. The summed E-state index contributed by atoms with van der Waals surface area (Å²) in [5.74, 6) is 1.03. The summed E-state index contributed by atoms with van der Waals surface area (Å²) in [6.07, 6.45) is 2.43. The third-order valence-corrected chi connectivity index (χ3v) is 5.64. The molecule has 1 fully saturated rings. The van der Waals surface area contributed by atoms with Gasteiger partial charge in [0.25, 0.3) is 0 Å². The maximum atomic E-state index is 14.9. The minimum absolute atomic E-state index is 0.318. The topological polar surface area (TPSA) is 53.8 Å². The van der Waals surface area contributed by atoms with Crippen molar-refractivity contribution in [3.8, 4) is 5.75 Å². The van der Waals surface area contributed by atoms with Crippen LogP contribution in [0.2, 0.25) is 0 Å². The van der Waals surface area contributed by atoms with Gasteiger partial charge in [0.15, 0.2) is 0 Å². The third-order valence-electron chi connectivity index (χ3n) is 5.64. The lowest BCUT2D eigenvalue weighted by molar-refractivity contribution is 0.205. The van der Waals surface area contributed by atoms with E-state index in [0.717, 1.165) is 25.4 Å². The monoisotopic (exact) mass is 410 g/mol. The van der Waals surface area contributed by atoms with Gasteiger partial charge in [-0.3, -0.25) is 4.90 Å². The number of anilines is 1. The van der Waals surface area contributed by atoms with Crippen LogP contribution in [-0.2, 0) is 13.6 Å². The molecule has 1 aliphatic rings. The molecule has 30 heavy (non-hydrogen) atoms. The van der Waals surface area contributed by atoms with Crippen molar-refractivity contribution in [2.45, 2.75) is 12.6 Å². The van der Waals surface area contributed by atoms with Crippen molar-refractivity contribution in [1.82, 2.24) is 14.5 Å². The summed E-state index contributed by atoms with van der Waals surface area (Å²) < 4.78 is 21.9. The number of halogens is 1. The molecule has 4 rings (SSSR count). The minimum atomic E-state index is -0.981. The Bertz CT molecular complexity index is 998. The van der Waals surface area contributed by atoms with E-state index in [2.05, 4.69) is 16.0 Å². The molecule has 1 aliphatic heterocycles. The molecular weight excluding hydrogens is 383 g/mol. The van der Waals surface area contributed by atoms with Gasteiger partial charge in [0.05, 0.1) is 12.8 Å². The number of aromatic nitrogens is 2. The average molecular weight is 410 g/mol. The van der Waals surface area contributed by atoms with E-state index in [4.69, 9.17) is 4.74 Å². The zero-order chi connectivity index (χ0) is 21.1. The summed E-state index contributed by atoms with van der Waals surface area (Å²) in [5.41, 5.74) is 2.21. The molecule has 1 N–H and O–H groups in total. The van der Waals surface area contributed by atoms with Crippen LogP contribution in [0.5, 0.6) is 5.75 Å². The van der Waals surface area contributed by atoms with E-state index in [1.807, 2.05) is 30.1 Å². The number of benzene rings is 2. The van der Waals surface area contributed by atoms with Gasteiger partial charge in [-0.2, -0.15) is 0 Å². The molecule has 0 saturated carbocycles. The number of ether oxygens (including phenoxy) is 1. The summed E-state index contributed by atoms with van der Waals surface area (Å²) in [7, 11) is 3.49. The minimum Gasteiger partial charge on any atom is -0.497 e. The molecule has 2 aromatic carbocycles. The molecule has 1 saturated heterocycles. The normalized spacial score (nSPS) is 15.9. The molecule has 0 radical (unpaired) electrons. The number of nitrogens with zero attached hydrogens (tertiary/aromatic N) is 4. The highest BCUT2D eigenvalue weighted by atomic mass is 19.1. The lowest BCUT2D eigenvalue weighted by atomic mass is 10.0. The Morgan fingerprint density at radius 2 is 1.90 bits per heavy atom. The second kappa shape index (κ2) is 8.85. The van der Waals surface area contributed by atoms with Crippen LogP contribution in [-0.4, -0.2) is 52.8 Å². The molecule has 158 valence electrons. The number of methoxy groups -OCH3 is 1. The van der Waals surface area contributed by atoms with Crippen LogP contribution in [0.4, 0.5) is 10.1 Å². The number of hydrogen-bond acceptors (Lipinski definition) is 5. The Morgan fingerprint density at radius 1 is 1.13 bits per heavy atom. The fourth-order valence-electron chi connectivity index (χ4n) is 4.02. The lowest BCUT2D eigenvalue weighted by Crippen LogP contribution is -2.46. The van der Waals surface area contributed by atoms with Crippen LogP contribution in [0.15, 0.2) is 54.9 Å². The molecule has 1 aromatic heterocycles. The molecule has 1 atom stereocenters. The van der Waals surface area contributed by atoms with Crippen molar-refractivity contribution in [2.24, 2.45) is 7.05 Å². The van der Waals surface area contributed by atoms with Gasteiger partial charge < -0.3 is 19.3 Å². The first kappa shape index (κ1) is 20.4. The molecule has 0 spiro atoms. The maximum absolute atomic E-state index is 14.9. The molecule has 0 bridgehead atoms. The first-order chi connectivity index (χ1) is 14.6. The van der Waals surface area contributed by atoms with E-state index < -0.39 is 6.10 Å². The largest absolute Gasteiger partial charge is 0.497 e. The van der Waals surface area contributed by atoms with Crippen molar-refractivity contribution in [3.63, 3.8) is 0 Å². The fourth-order valence-corrected chi connectivity index (χ4v) is 4.02. The lowest BCUT2D eigenvalue weighted by Gasteiger charge is -2.37. The Kier molecular flexibility index (Phi) is 6.01. The fraction of sp³-hybridized carbons (Fsp3) is 0.348. The molecule has 7 heteroatoms. The zero-order valence-electron chi connectivity index (χ0n) is 17.3. The van der Waals surface area contributed by atoms with Gasteiger partial charge in [-0.05, 0) is 23.8 Å². The van der Waals surface area contributed by atoms with Crippen molar-refractivity contribution < 1.29 is 14.2 Å². The van der Waals surface area contributed by atoms with Crippen LogP contribution in [0.25, 0.3) is 0 Å². The number of imidazole rings is 1. The van der Waals surface area contributed by atoms with Crippen molar-refractivity contribution in [1.29, 1.82) is 0 Å². The van der Waals surface area contributed by atoms with Gasteiger partial charge in [0, 0.05) is 57.7 Å². The predicted molar refractivity (Wildman–Crippen MR) is 114 cm³/mol.